The van der Waals surface area contributed by atoms with Gasteiger partial charge in [0.2, 0.25) is 0 Å². The van der Waals surface area contributed by atoms with Gasteiger partial charge < -0.3 is 22.3 Å². The van der Waals surface area contributed by atoms with Crippen LogP contribution in [0.15, 0.2) is 60.7 Å². The maximum absolute atomic E-state index is 13.6. The van der Waals surface area contributed by atoms with Crippen molar-refractivity contribution in [1.82, 2.24) is 0 Å². The summed E-state index contributed by atoms with van der Waals surface area (Å²) in [4.78, 5) is 0. The van der Waals surface area contributed by atoms with E-state index in [1.807, 2.05) is 57.2 Å². The van der Waals surface area contributed by atoms with E-state index in [0.29, 0.717) is 37.4 Å². The molecule has 2 aromatic rings. The molecule has 2 aromatic carbocycles. The lowest BCUT2D eigenvalue weighted by molar-refractivity contribution is 0.0724. The maximum atomic E-state index is 13.6. The van der Waals surface area contributed by atoms with Crippen LogP contribution in [0.1, 0.15) is 20.8 Å². The minimum atomic E-state index is -3.54. The molecular formula is C20H29O6PSi. The largest absolute Gasteiger partial charge is 0.501 e. The van der Waals surface area contributed by atoms with Crippen molar-refractivity contribution >= 4 is 16.4 Å². The van der Waals surface area contributed by atoms with E-state index < -0.39 is 16.4 Å². The van der Waals surface area contributed by atoms with E-state index in [9.17, 15) is 4.57 Å². The highest BCUT2D eigenvalue weighted by molar-refractivity contribution is 7.54. The van der Waals surface area contributed by atoms with Crippen molar-refractivity contribution in [2.24, 2.45) is 0 Å². The first-order chi connectivity index (χ1) is 13.5. The Morgan fingerprint density at radius 3 is 1.46 bits per heavy atom. The molecule has 8 heteroatoms. The Morgan fingerprint density at radius 1 is 0.714 bits per heavy atom. The molecule has 28 heavy (non-hydrogen) atoms. The molecule has 154 valence electrons. The van der Waals surface area contributed by atoms with Crippen LogP contribution < -0.4 is 9.05 Å². The fourth-order valence-electron chi connectivity index (χ4n) is 2.67. The summed E-state index contributed by atoms with van der Waals surface area (Å²) in [6.07, 6.45) is 0.114. The highest BCUT2D eigenvalue weighted by Gasteiger charge is 2.44. The van der Waals surface area contributed by atoms with E-state index in [1.54, 1.807) is 24.3 Å². The van der Waals surface area contributed by atoms with Crippen LogP contribution in [0.3, 0.4) is 0 Å². The predicted octanol–water partition coefficient (Wildman–Crippen LogP) is 5.39. The molecule has 0 saturated heterocycles. The van der Waals surface area contributed by atoms with Gasteiger partial charge in [-0.15, -0.1) is 0 Å². The van der Waals surface area contributed by atoms with Crippen LogP contribution in [-0.2, 0) is 17.8 Å². The molecule has 0 unspecified atom stereocenters. The molecule has 0 spiro atoms. The summed E-state index contributed by atoms with van der Waals surface area (Å²) in [6.45, 7) is 7.03. The third-order valence-electron chi connectivity index (χ3n) is 3.76. The third kappa shape index (κ3) is 7.07. The van der Waals surface area contributed by atoms with E-state index in [1.165, 1.54) is 0 Å². The van der Waals surface area contributed by atoms with Gasteiger partial charge >= 0.3 is 16.4 Å². The third-order valence-corrected chi connectivity index (χ3v) is 8.98. The molecule has 2 rings (SSSR count). The first-order valence-corrected chi connectivity index (χ1v) is 13.2. The Hall–Kier alpha value is -1.63. The van der Waals surface area contributed by atoms with Crippen LogP contribution in [0.5, 0.6) is 11.5 Å². The molecule has 0 saturated carbocycles. The number of hydrogen-bond donors (Lipinski definition) is 0. The molecule has 0 aliphatic rings. The SMILES string of the molecule is CCO[Si](CCP(=O)(Oc1ccccc1)Oc1ccccc1)(OCC)OCC. The van der Waals surface area contributed by atoms with Gasteiger partial charge in [0.1, 0.15) is 11.5 Å². The lowest BCUT2D eigenvalue weighted by atomic mass is 10.3. The summed E-state index contributed by atoms with van der Waals surface area (Å²) < 4.78 is 42.9. The predicted molar refractivity (Wildman–Crippen MR) is 112 cm³/mol. The van der Waals surface area contributed by atoms with Crippen LogP contribution in [0.2, 0.25) is 6.04 Å². The van der Waals surface area contributed by atoms with Crippen LogP contribution >= 0.6 is 7.60 Å². The number of hydrogen-bond acceptors (Lipinski definition) is 6. The average molecular weight is 425 g/mol. The van der Waals surface area contributed by atoms with Crippen LogP contribution in [0, 0.1) is 0 Å². The Balaban J connectivity index is 2.23. The number of benzene rings is 2. The van der Waals surface area contributed by atoms with Crippen molar-refractivity contribution in [3.8, 4) is 11.5 Å². The minimum absolute atomic E-state index is 0.114. The number of rotatable bonds is 13. The van der Waals surface area contributed by atoms with Gasteiger partial charge in [0.25, 0.3) is 0 Å². The zero-order valence-electron chi connectivity index (χ0n) is 16.7. The molecule has 0 N–H and O–H groups in total. The monoisotopic (exact) mass is 424 g/mol. The first-order valence-electron chi connectivity index (χ1n) is 9.55. The van der Waals surface area contributed by atoms with Crippen LogP contribution in [0.4, 0.5) is 0 Å². The fourth-order valence-corrected chi connectivity index (χ4v) is 7.97. The van der Waals surface area contributed by atoms with Crippen molar-refractivity contribution in [2.75, 3.05) is 26.0 Å². The average Bonchev–Trinajstić information content (AvgIpc) is 2.69. The molecule has 0 radical (unpaired) electrons. The van der Waals surface area contributed by atoms with Crippen molar-refractivity contribution in [3.63, 3.8) is 0 Å². The standard InChI is InChI=1S/C20H29O6PSi/c1-4-22-28(23-5-2,24-6-3)18-17-27(21,25-19-13-9-7-10-14-19)26-20-15-11-8-12-16-20/h7-16H,4-6,17-18H2,1-3H3. The molecule has 0 fully saturated rings. The lowest BCUT2D eigenvalue weighted by Gasteiger charge is -2.29. The molecule has 6 nitrogen and oxygen atoms in total. The maximum Gasteiger partial charge on any atom is 0.501 e. The Bertz CT molecular complexity index is 665. The Morgan fingerprint density at radius 2 is 1.11 bits per heavy atom. The van der Waals surface area contributed by atoms with E-state index in [-0.39, 0.29) is 6.16 Å². The van der Waals surface area contributed by atoms with Gasteiger partial charge in [0, 0.05) is 25.9 Å². The zero-order valence-corrected chi connectivity index (χ0v) is 18.6. The summed E-state index contributed by atoms with van der Waals surface area (Å²) in [7, 11) is -6.51. The molecule has 0 bridgehead atoms. The van der Waals surface area contributed by atoms with E-state index in [2.05, 4.69) is 0 Å². The van der Waals surface area contributed by atoms with Crippen molar-refractivity contribution in [3.05, 3.63) is 60.7 Å². The molecule has 0 amide bonds. The second kappa shape index (κ2) is 11.4. The van der Waals surface area contributed by atoms with Gasteiger partial charge in [0.15, 0.2) is 0 Å². The van der Waals surface area contributed by atoms with Crippen LogP contribution in [-0.4, -0.2) is 34.8 Å². The molecule has 0 aromatic heterocycles. The van der Waals surface area contributed by atoms with Crippen molar-refractivity contribution in [2.45, 2.75) is 26.8 Å². The lowest BCUT2D eigenvalue weighted by Crippen LogP contribution is -2.46. The van der Waals surface area contributed by atoms with E-state index in [4.69, 9.17) is 22.3 Å². The van der Waals surface area contributed by atoms with Gasteiger partial charge in [-0.05, 0) is 45.0 Å². The summed E-state index contributed by atoms with van der Waals surface area (Å²) in [5.74, 6) is 0.969. The topological polar surface area (TPSA) is 63.2 Å². The zero-order chi connectivity index (χ0) is 20.3. The van der Waals surface area contributed by atoms with Gasteiger partial charge in [-0.2, -0.15) is 0 Å². The second-order valence-corrected chi connectivity index (χ2v) is 10.6. The molecule has 0 heterocycles. The van der Waals surface area contributed by atoms with Gasteiger partial charge in [-0.25, -0.2) is 4.57 Å². The Kier molecular flexibility index (Phi) is 9.21. The van der Waals surface area contributed by atoms with Crippen LogP contribution in [0.25, 0.3) is 0 Å². The molecule has 0 aliphatic heterocycles. The van der Waals surface area contributed by atoms with Gasteiger partial charge in [-0.3, -0.25) is 0 Å². The quantitative estimate of drug-likeness (QED) is 0.317. The second-order valence-electron chi connectivity index (χ2n) is 5.88. The summed E-state index contributed by atoms with van der Waals surface area (Å²) in [5, 5.41) is 0. The molecular weight excluding hydrogens is 395 g/mol. The van der Waals surface area contributed by atoms with Gasteiger partial charge in [-0.1, -0.05) is 36.4 Å². The van der Waals surface area contributed by atoms with E-state index in [0.717, 1.165) is 0 Å². The van der Waals surface area contributed by atoms with Gasteiger partial charge in [0.05, 0.1) is 6.16 Å². The molecule has 0 atom stereocenters. The highest BCUT2D eigenvalue weighted by atomic mass is 31.2. The smallest absolute Gasteiger partial charge is 0.416 e. The summed E-state index contributed by atoms with van der Waals surface area (Å²) in [5.41, 5.74) is 0. The number of para-hydroxylation sites is 2. The van der Waals surface area contributed by atoms with Crippen molar-refractivity contribution in [1.29, 1.82) is 0 Å². The first kappa shape index (κ1) is 22.7. The molecule has 0 aliphatic carbocycles. The summed E-state index contributed by atoms with van der Waals surface area (Å²) >= 11 is 0. The summed E-state index contributed by atoms with van der Waals surface area (Å²) in [6, 6.07) is 18.4. The Labute approximate surface area is 168 Å². The fraction of sp³-hybridized carbons (Fsp3) is 0.400. The minimum Gasteiger partial charge on any atom is -0.416 e. The normalized spacial score (nSPS) is 12.0. The van der Waals surface area contributed by atoms with E-state index >= 15 is 0 Å². The highest BCUT2D eigenvalue weighted by Crippen LogP contribution is 2.50. The van der Waals surface area contributed by atoms with Crippen molar-refractivity contribution < 1.29 is 26.9 Å².